The second kappa shape index (κ2) is 5.87. The van der Waals surface area contributed by atoms with Crippen molar-refractivity contribution in [3.8, 4) is 11.5 Å². The number of benzene rings is 2. The molecule has 0 radical (unpaired) electrons. The first-order chi connectivity index (χ1) is 9.54. The summed E-state index contributed by atoms with van der Waals surface area (Å²) in [7, 11) is 3.63. The SMILES string of the molecule is COc1ccc(C(C)N(C)c2ccccc2C)c(O)c1. The van der Waals surface area contributed by atoms with Crippen LogP contribution in [0.25, 0.3) is 0 Å². The lowest BCUT2D eigenvalue weighted by Crippen LogP contribution is -2.22. The molecule has 3 heteroatoms. The molecule has 0 bridgehead atoms. The van der Waals surface area contributed by atoms with Gasteiger partial charge in [0.1, 0.15) is 11.5 Å². The zero-order valence-electron chi connectivity index (χ0n) is 12.4. The van der Waals surface area contributed by atoms with E-state index in [1.54, 1.807) is 13.2 Å². The van der Waals surface area contributed by atoms with Gasteiger partial charge < -0.3 is 14.7 Å². The molecule has 0 aliphatic carbocycles. The van der Waals surface area contributed by atoms with Crippen LogP contribution < -0.4 is 9.64 Å². The number of rotatable bonds is 4. The van der Waals surface area contributed by atoms with Crippen molar-refractivity contribution in [3.05, 3.63) is 53.6 Å². The molecule has 1 N–H and O–H groups in total. The lowest BCUT2D eigenvalue weighted by Gasteiger charge is -2.29. The maximum absolute atomic E-state index is 10.2. The van der Waals surface area contributed by atoms with E-state index in [0.717, 1.165) is 11.3 Å². The molecule has 0 aliphatic heterocycles. The Hall–Kier alpha value is -2.16. The lowest BCUT2D eigenvalue weighted by molar-refractivity contribution is 0.405. The van der Waals surface area contributed by atoms with E-state index >= 15 is 0 Å². The number of phenols is 1. The Kier molecular flexibility index (Phi) is 4.18. The number of anilines is 1. The van der Waals surface area contributed by atoms with Crippen molar-refractivity contribution in [3.63, 3.8) is 0 Å². The second-order valence-electron chi connectivity index (χ2n) is 5.00. The van der Waals surface area contributed by atoms with Crippen LogP contribution in [0.3, 0.4) is 0 Å². The smallest absolute Gasteiger partial charge is 0.124 e. The minimum absolute atomic E-state index is 0.0713. The topological polar surface area (TPSA) is 32.7 Å². The molecular formula is C17H21NO2. The molecule has 0 aromatic heterocycles. The van der Waals surface area contributed by atoms with Crippen molar-refractivity contribution in [1.29, 1.82) is 0 Å². The molecule has 0 saturated carbocycles. The quantitative estimate of drug-likeness (QED) is 0.915. The maximum atomic E-state index is 10.2. The molecule has 0 heterocycles. The monoisotopic (exact) mass is 271 g/mol. The van der Waals surface area contributed by atoms with Gasteiger partial charge in [-0.25, -0.2) is 0 Å². The van der Waals surface area contributed by atoms with E-state index in [0.29, 0.717) is 5.75 Å². The highest BCUT2D eigenvalue weighted by atomic mass is 16.5. The molecule has 1 unspecified atom stereocenters. The molecule has 0 fully saturated rings. The number of phenolic OH excluding ortho intramolecular Hbond substituents is 1. The Morgan fingerprint density at radius 2 is 1.85 bits per heavy atom. The van der Waals surface area contributed by atoms with E-state index in [2.05, 4.69) is 30.9 Å². The minimum Gasteiger partial charge on any atom is -0.507 e. The summed E-state index contributed by atoms with van der Waals surface area (Å²) >= 11 is 0. The standard InChI is InChI=1S/C17H21NO2/c1-12-7-5-6-8-16(12)18(3)13(2)15-10-9-14(20-4)11-17(15)19/h5-11,13,19H,1-4H3. The van der Waals surface area contributed by atoms with Crippen LogP contribution >= 0.6 is 0 Å². The molecule has 0 amide bonds. The van der Waals surface area contributed by atoms with Gasteiger partial charge in [-0.15, -0.1) is 0 Å². The largest absolute Gasteiger partial charge is 0.507 e. The van der Waals surface area contributed by atoms with E-state index in [9.17, 15) is 5.11 Å². The third-order valence-corrected chi connectivity index (χ3v) is 3.76. The predicted molar refractivity (Wildman–Crippen MR) is 82.7 cm³/mol. The van der Waals surface area contributed by atoms with Crippen molar-refractivity contribution in [2.75, 3.05) is 19.1 Å². The van der Waals surface area contributed by atoms with Gasteiger partial charge in [0, 0.05) is 24.4 Å². The number of hydrogen-bond donors (Lipinski definition) is 1. The summed E-state index contributed by atoms with van der Waals surface area (Å²) in [5.41, 5.74) is 3.27. The Bertz CT molecular complexity index is 595. The molecule has 2 aromatic carbocycles. The number of aromatic hydroxyl groups is 1. The average Bonchev–Trinajstić information content (AvgIpc) is 2.46. The van der Waals surface area contributed by atoms with E-state index in [1.807, 2.05) is 31.3 Å². The van der Waals surface area contributed by atoms with Gasteiger partial charge in [-0.2, -0.15) is 0 Å². The number of methoxy groups -OCH3 is 1. The van der Waals surface area contributed by atoms with Crippen molar-refractivity contribution < 1.29 is 9.84 Å². The molecule has 3 nitrogen and oxygen atoms in total. The van der Waals surface area contributed by atoms with E-state index in [-0.39, 0.29) is 11.8 Å². The molecule has 1 atom stereocenters. The van der Waals surface area contributed by atoms with Crippen LogP contribution in [-0.2, 0) is 0 Å². The van der Waals surface area contributed by atoms with Gasteiger partial charge in [0.05, 0.1) is 13.2 Å². The summed E-state index contributed by atoms with van der Waals surface area (Å²) in [4.78, 5) is 2.16. The molecule has 0 aliphatic rings. The predicted octanol–water partition coefficient (Wildman–Crippen LogP) is 3.91. The molecular weight excluding hydrogens is 250 g/mol. The number of ether oxygens (including phenoxy) is 1. The summed E-state index contributed by atoms with van der Waals surface area (Å²) in [6.07, 6.45) is 0. The summed E-state index contributed by atoms with van der Waals surface area (Å²) < 4.78 is 5.12. The molecule has 0 spiro atoms. The fourth-order valence-electron chi connectivity index (χ4n) is 2.38. The van der Waals surface area contributed by atoms with E-state index < -0.39 is 0 Å². The number of aryl methyl sites for hydroxylation is 1. The normalized spacial score (nSPS) is 12.0. The van der Waals surface area contributed by atoms with Crippen LogP contribution in [0.1, 0.15) is 24.1 Å². The van der Waals surface area contributed by atoms with Crippen LogP contribution in [0.5, 0.6) is 11.5 Å². The van der Waals surface area contributed by atoms with Gasteiger partial charge in [0.25, 0.3) is 0 Å². The Labute approximate surface area is 120 Å². The van der Waals surface area contributed by atoms with Gasteiger partial charge in [-0.1, -0.05) is 18.2 Å². The van der Waals surface area contributed by atoms with E-state index in [4.69, 9.17) is 4.74 Å². The zero-order valence-corrected chi connectivity index (χ0v) is 12.4. The molecule has 106 valence electrons. The summed E-state index contributed by atoms with van der Waals surface area (Å²) in [6.45, 7) is 4.17. The molecule has 2 aromatic rings. The van der Waals surface area contributed by atoms with Gasteiger partial charge in [-0.3, -0.25) is 0 Å². The zero-order chi connectivity index (χ0) is 14.7. The van der Waals surface area contributed by atoms with E-state index in [1.165, 1.54) is 5.56 Å². The fourth-order valence-corrected chi connectivity index (χ4v) is 2.38. The first kappa shape index (κ1) is 14.3. The fraction of sp³-hybridized carbons (Fsp3) is 0.294. The van der Waals surface area contributed by atoms with Gasteiger partial charge in [0.15, 0.2) is 0 Å². The second-order valence-corrected chi connectivity index (χ2v) is 5.00. The lowest BCUT2D eigenvalue weighted by atomic mass is 10.0. The van der Waals surface area contributed by atoms with Crippen molar-refractivity contribution in [2.24, 2.45) is 0 Å². The number of nitrogens with zero attached hydrogens (tertiary/aromatic N) is 1. The summed E-state index contributed by atoms with van der Waals surface area (Å²) in [5.74, 6) is 0.925. The molecule has 2 rings (SSSR count). The van der Waals surface area contributed by atoms with Gasteiger partial charge >= 0.3 is 0 Å². The van der Waals surface area contributed by atoms with Crippen LogP contribution in [0.2, 0.25) is 0 Å². The first-order valence-corrected chi connectivity index (χ1v) is 6.70. The third kappa shape index (κ3) is 2.72. The highest BCUT2D eigenvalue weighted by Gasteiger charge is 2.17. The van der Waals surface area contributed by atoms with Gasteiger partial charge in [-0.05, 0) is 37.6 Å². The van der Waals surface area contributed by atoms with Crippen LogP contribution in [0, 0.1) is 6.92 Å². The van der Waals surface area contributed by atoms with Crippen molar-refractivity contribution in [2.45, 2.75) is 19.9 Å². The molecule has 20 heavy (non-hydrogen) atoms. The van der Waals surface area contributed by atoms with Crippen LogP contribution in [0.15, 0.2) is 42.5 Å². The van der Waals surface area contributed by atoms with Gasteiger partial charge in [0.2, 0.25) is 0 Å². The number of para-hydroxylation sites is 1. The Morgan fingerprint density at radius 3 is 2.45 bits per heavy atom. The van der Waals surface area contributed by atoms with Crippen LogP contribution in [0.4, 0.5) is 5.69 Å². The third-order valence-electron chi connectivity index (χ3n) is 3.76. The minimum atomic E-state index is 0.0713. The highest BCUT2D eigenvalue weighted by Crippen LogP contribution is 2.34. The Balaban J connectivity index is 2.31. The van der Waals surface area contributed by atoms with Crippen molar-refractivity contribution in [1.82, 2.24) is 0 Å². The summed E-state index contributed by atoms with van der Waals surface area (Å²) in [5, 5.41) is 10.2. The highest BCUT2D eigenvalue weighted by molar-refractivity contribution is 5.55. The average molecular weight is 271 g/mol. The number of hydrogen-bond acceptors (Lipinski definition) is 3. The first-order valence-electron chi connectivity index (χ1n) is 6.70. The molecule has 0 saturated heterocycles. The van der Waals surface area contributed by atoms with Crippen LogP contribution in [-0.4, -0.2) is 19.3 Å². The maximum Gasteiger partial charge on any atom is 0.124 e. The Morgan fingerprint density at radius 1 is 1.15 bits per heavy atom. The summed E-state index contributed by atoms with van der Waals surface area (Å²) in [6, 6.07) is 13.7. The van der Waals surface area contributed by atoms with Crippen molar-refractivity contribution >= 4 is 5.69 Å².